The van der Waals surface area contributed by atoms with Crippen molar-refractivity contribution in [1.82, 2.24) is 4.90 Å². The molecular weight excluding hydrogens is 242 g/mol. The molecular formula is C12H18ClNOS. The maximum atomic E-state index is 12.1. The quantitative estimate of drug-likeness (QED) is 0.717. The zero-order valence-electron chi connectivity index (χ0n) is 9.83. The van der Waals surface area contributed by atoms with E-state index in [4.69, 9.17) is 11.6 Å². The van der Waals surface area contributed by atoms with Gasteiger partial charge in [-0.3, -0.25) is 4.79 Å². The lowest BCUT2D eigenvalue weighted by Crippen LogP contribution is -2.31. The summed E-state index contributed by atoms with van der Waals surface area (Å²) in [5, 5.41) is 0. The van der Waals surface area contributed by atoms with Gasteiger partial charge in [-0.15, -0.1) is 22.9 Å². The van der Waals surface area contributed by atoms with Crippen LogP contribution in [0.4, 0.5) is 0 Å². The number of aryl methyl sites for hydroxylation is 1. The SMILES string of the molecule is CCc1ccc(C(=O)N(CC)CCCCl)s1. The molecule has 0 spiro atoms. The number of alkyl halides is 1. The summed E-state index contributed by atoms with van der Waals surface area (Å²) >= 11 is 7.24. The standard InChI is InChI=1S/C12H18ClNOS/c1-3-10-6-7-11(16-10)12(15)14(4-2)9-5-8-13/h6-7H,3-5,8-9H2,1-2H3. The van der Waals surface area contributed by atoms with E-state index in [1.807, 2.05) is 24.0 Å². The second kappa shape index (κ2) is 6.92. The van der Waals surface area contributed by atoms with E-state index in [-0.39, 0.29) is 5.91 Å². The zero-order chi connectivity index (χ0) is 12.0. The molecule has 0 radical (unpaired) electrons. The molecule has 1 aromatic rings. The molecule has 90 valence electrons. The normalized spacial score (nSPS) is 10.4. The maximum absolute atomic E-state index is 12.1. The average molecular weight is 260 g/mol. The van der Waals surface area contributed by atoms with Gasteiger partial charge in [-0.05, 0) is 31.9 Å². The number of nitrogens with zero attached hydrogens (tertiary/aromatic N) is 1. The van der Waals surface area contributed by atoms with Crippen LogP contribution in [0.15, 0.2) is 12.1 Å². The summed E-state index contributed by atoms with van der Waals surface area (Å²) in [6.07, 6.45) is 1.85. The van der Waals surface area contributed by atoms with E-state index in [0.29, 0.717) is 5.88 Å². The van der Waals surface area contributed by atoms with Gasteiger partial charge < -0.3 is 4.90 Å². The number of carbonyl (C=O) groups is 1. The molecule has 1 amide bonds. The Labute approximate surface area is 106 Å². The summed E-state index contributed by atoms with van der Waals surface area (Å²) in [7, 11) is 0. The van der Waals surface area contributed by atoms with Gasteiger partial charge in [-0.25, -0.2) is 0 Å². The molecule has 0 fully saturated rings. The van der Waals surface area contributed by atoms with Crippen LogP contribution in [0.5, 0.6) is 0 Å². The Morgan fingerprint density at radius 3 is 2.69 bits per heavy atom. The fourth-order valence-corrected chi connectivity index (χ4v) is 2.53. The average Bonchev–Trinajstić information content (AvgIpc) is 2.78. The van der Waals surface area contributed by atoms with Crippen LogP contribution in [0, 0.1) is 0 Å². The number of thiophene rings is 1. The third kappa shape index (κ3) is 3.49. The minimum absolute atomic E-state index is 0.136. The molecule has 16 heavy (non-hydrogen) atoms. The molecule has 0 bridgehead atoms. The van der Waals surface area contributed by atoms with Crippen LogP contribution in [-0.2, 0) is 6.42 Å². The first-order valence-electron chi connectivity index (χ1n) is 5.66. The molecule has 1 heterocycles. The first kappa shape index (κ1) is 13.5. The Morgan fingerprint density at radius 2 is 2.19 bits per heavy atom. The van der Waals surface area contributed by atoms with Crippen LogP contribution in [0.25, 0.3) is 0 Å². The molecule has 0 aromatic carbocycles. The summed E-state index contributed by atoms with van der Waals surface area (Å²) in [5.74, 6) is 0.742. The Kier molecular flexibility index (Phi) is 5.85. The van der Waals surface area contributed by atoms with E-state index in [1.54, 1.807) is 11.3 Å². The third-order valence-electron chi connectivity index (χ3n) is 2.45. The van der Waals surface area contributed by atoms with Crippen molar-refractivity contribution in [1.29, 1.82) is 0 Å². The highest BCUT2D eigenvalue weighted by molar-refractivity contribution is 7.14. The van der Waals surface area contributed by atoms with Gasteiger partial charge in [0.1, 0.15) is 0 Å². The molecule has 4 heteroatoms. The van der Waals surface area contributed by atoms with Crippen molar-refractivity contribution in [3.63, 3.8) is 0 Å². The molecule has 0 aliphatic heterocycles. The maximum Gasteiger partial charge on any atom is 0.263 e. The van der Waals surface area contributed by atoms with Gasteiger partial charge in [0, 0.05) is 23.8 Å². The Balaban J connectivity index is 2.66. The van der Waals surface area contributed by atoms with Crippen molar-refractivity contribution in [2.75, 3.05) is 19.0 Å². The van der Waals surface area contributed by atoms with Gasteiger partial charge in [-0.2, -0.15) is 0 Å². The number of hydrogen-bond donors (Lipinski definition) is 0. The predicted molar refractivity (Wildman–Crippen MR) is 70.6 cm³/mol. The summed E-state index contributed by atoms with van der Waals surface area (Å²) in [4.78, 5) is 16.1. The predicted octanol–water partition coefficient (Wildman–Crippen LogP) is 3.40. The van der Waals surface area contributed by atoms with Gasteiger partial charge in [0.05, 0.1) is 4.88 Å². The van der Waals surface area contributed by atoms with Gasteiger partial charge in [0.2, 0.25) is 0 Å². The lowest BCUT2D eigenvalue weighted by atomic mass is 10.3. The number of carbonyl (C=O) groups excluding carboxylic acids is 1. The molecule has 1 rings (SSSR count). The van der Waals surface area contributed by atoms with E-state index in [0.717, 1.165) is 30.8 Å². The van der Waals surface area contributed by atoms with Crippen LogP contribution in [0.3, 0.4) is 0 Å². The minimum atomic E-state index is 0.136. The smallest absolute Gasteiger partial charge is 0.263 e. The van der Waals surface area contributed by atoms with Crippen LogP contribution in [0.1, 0.15) is 34.8 Å². The number of rotatable bonds is 6. The monoisotopic (exact) mass is 259 g/mol. The van der Waals surface area contributed by atoms with Crippen LogP contribution in [0.2, 0.25) is 0 Å². The zero-order valence-corrected chi connectivity index (χ0v) is 11.4. The number of halogens is 1. The molecule has 0 atom stereocenters. The summed E-state index contributed by atoms with van der Waals surface area (Å²) in [6.45, 7) is 5.60. The first-order chi connectivity index (χ1) is 7.72. The van der Waals surface area contributed by atoms with Crippen LogP contribution in [-0.4, -0.2) is 29.8 Å². The van der Waals surface area contributed by atoms with Gasteiger partial charge >= 0.3 is 0 Å². The largest absolute Gasteiger partial charge is 0.338 e. The Morgan fingerprint density at radius 1 is 1.44 bits per heavy atom. The van der Waals surface area contributed by atoms with Gasteiger partial charge in [0.25, 0.3) is 5.91 Å². The highest BCUT2D eigenvalue weighted by atomic mass is 35.5. The molecule has 0 aliphatic rings. The lowest BCUT2D eigenvalue weighted by molar-refractivity contribution is 0.0769. The van der Waals surface area contributed by atoms with E-state index in [1.165, 1.54) is 4.88 Å². The highest BCUT2D eigenvalue weighted by Gasteiger charge is 2.15. The Bertz CT molecular complexity index is 338. The second-order valence-corrected chi connectivity index (χ2v) is 5.09. The summed E-state index contributed by atoms with van der Waals surface area (Å²) in [5.41, 5.74) is 0. The molecule has 1 aromatic heterocycles. The van der Waals surface area contributed by atoms with Crippen molar-refractivity contribution in [3.8, 4) is 0 Å². The van der Waals surface area contributed by atoms with Crippen molar-refractivity contribution >= 4 is 28.8 Å². The first-order valence-corrected chi connectivity index (χ1v) is 7.02. The number of amides is 1. The topological polar surface area (TPSA) is 20.3 Å². The second-order valence-electron chi connectivity index (χ2n) is 3.55. The number of hydrogen-bond acceptors (Lipinski definition) is 2. The van der Waals surface area contributed by atoms with Crippen molar-refractivity contribution in [3.05, 3.63) is 21.9 Å². The van der Waals surface area contributed by atoms with Crippen LogP contribution < -0.4 is 0 Å². The molecule has 0 unspecified atom stereocenters. The fraction of sp³-hybridized carbons (Fsp3) is 0.583. The third-order valence-corrected chi connectivity index (χ3v) is 3.94. The van der Waals surface area contributed by atoms with E-state index in [2.05, 4.69) is 6.92 Å². The molecule has 0 N–H and O–H groups in total. The molecule has 0 saturated heterocycles. The van der Waals surface area contributed by atoms with Crippen molar-refractivity contribution in [2.45, 2.75) is 26.7 Å². The van der Waals surface area contributed by atoms with Crippen molar-refractivity contribution < 1.29 is 4.79 Å². The Hall–Kier alpha value is -0.540. The van der Waals surface area contributed by atoms with Crippen LogP contribution >= 0.6 is 22.9 Å². The van der Waals surface area contributed by atoms with Gasteiger partial charge in [-0.1, -0.05) is 6.92 Å². The minimum Gasteiger partial charge on any atom is -0.338 e. The lowest BCUT2D eigenvalue weighted by Gasteiger charge is -2.19. The van der Waals surface area contributed by atoms with E-state index in [9.17, 15) is 4.79 Å². The summed E-state index contributed by atoms with van der Waals surface area (Å²) in [6, 6.07) is 3.96. The summed E-state index contributed by atoms with van der Waals surface area (Å²) < 4.78 is 0. The molecule has 0 saturated carbocycles. The highest BCUT2D eigenvalue weighted by Crippen LogP contribution is 2.18. The molecule has 2 nitrogen and oxygen atoms in total. The van der Waals surface area contributed by atoms with E-state index < -0.39 is 0 Å². The molecule has 0 aliphatic carbocycles. The van der Waals surface area contributed by atoms with Crippen molar-refractivity contribution in [2.24, 2.45) is 0 Å². The van der Waals surface area contributed by atoms with Gasteiger partial charge in [0.15, 0.2) is 0 Å². The van der Waals surface area contributed by atoms with E-state index >= 15 is 0 Å². The fourth-order valence-electron chi connectivity index (χ4n) is 1.49.